The second-order valence-electron chi connectivity index (χ2n) is 4.78. The molecule has 2 aromatic carbocycles. The topological polar surface area (TPSA) is 82.0 Å². The SMILES string of the molecule is Nc1c([N+](=O)[O-])nc2ccccc2c1C=Cc1ccccc1. The molecule has 0 bridgehead atoms. The Morgan fingerprint density at radius 3 is 2.41 bits per heavy atom. The predicted octanol–water partition coefficient (Wildman–Crippen LogP) is 3.90. The monoisotopic (exact) mass is 291 g/mol. The molecule has 0 unspecified atom stereocenters. The maximum absolute atomic E-state index is 11.1. The summed E-state index contributed by atoms with van der Waals surface area (Å²) in [4.78, 5) is 14.6. The molecular weight excluding hydrogens is 278 g/mol. The van der Waals surface area contributed by atoms with Gasteiger partial charge >= 0.3 is 5.82 Å². The molecule has 5 nitrogen and oxygen atoms in total. The zero-order chi connectivity index (χ0) is 15.5. The number of nitrogens with two attached hydrogens (primary N) is 1. The van der Waals surface area contributed by atoms with Crippen LogP contribution in [-0.4, -0.2) is 9.91 Å². The number of anilines is 1. The number of nitrogen functional groups attached to an aromatic ring is 1. The molecule has 0 atom stereocenters. The van der Waals surface area contributed by atoms with Gasteiger partial charge < -0.3 is 15.8 Å². The molecule has 0 saturated carbocycles. The first-order valence-corrected chi connectivity index (χ1v) is 6.72. The summed E-state index contributed by atoms with van der Waals surface area (Å²) in [7, 11) is 0. The zero-order valence-corrected chi connectivity index (χ0v) is 11.6. The Morgan fingerprint density at radius 2 is 1.68 bits per heavy atom. The third kappa shape index (κ3) is 2.52. The van der Waals surface area contributed by atoms with E-state index in [2.05, 4.69) is 4.98 Å². The summed E-state index contributed by atoms with van der Waals surface area (Å²) in [5, 5.41) is 11.9. The molecule has 0 aliphatic carbocycles. The van der Waals surface area contributed by atoms with Crippen LogP contribution < -0.4 is 5.73 Å². The summed E-state index contributed by atoms with van der Waals surface area (Å²) in [6, 6.07) is 16.9. The van der Waals surface area contributed by atoms with Gasteiger partial charge in [-0.25, -0.2) is 0 Å². The van der Waals surface area contributed by atoms with Gasteiger partial charge in [-0.15, -0.1) is 0 Å². The Balaban J connectivity index is 2.20. The summed E-state index contributed by atoms with van der Waals surface area (Å²) in [5.74, 6) is -0.314. The van der Waals surface area contributed by atoms with Crippen LogP contribution in [0, 0.1) is 10.1 Å². The Labute approximate surface area is 126 Å². The molecule has 3 rings (SSSR count). The number of nitro groups is 1. The summed E-state index contributed by atoms with van der Waals surface area (Å²) in [6.45, 7) is 0. The molecule has 1 heterocycles. The van der Waals surface area contributed by atoms with Crippen molar-refractivity contribution in [1.82, 2.24) is 4.98 Å². The Bertz CT molecular complexity index is 874. The minimum absolute atomic E-state index is 0.0795. The summed E-state index contributed by atoms with van der Waals surface area (Å²) in [6.07, 6.45) is 3.67. The van der Waals surface area contributed by atoms with Crippen LogP contribution >= 0.6 is 0 Å². The normalized spacial score (nSPS) is 11.1. The fourth-order valence-electron chi connectivity index (χ4n) is 2.30. The van der Waals surface area contributed by atoms with Gasteiger partial charge in [-0.3, -0.25) is 0 Å². The van der Waals surface area contributed by atoms with E-state index in [0.29, 0.717) is 11.1 Å². The van der Waals surface area contributed by atoms with E-state index in [0.717, 1.165) is 10.9 Å². The van der Waals surface area contributed by atoms with Crippen LogP contribution in [0.3, 0.4) is 0 Å². The van der Waals surface area contributed by atoms with Gasteiger partial charge in [0.2, 0.25) is 0 Å². The smallest absolute Gasteiger partial charge is 0.387 e. The zero-order valence-electron chi connectivity index (χ0n) is 11.6. The van der Waals surface area contributed by atoms with Gasteiger partial charge in [-0.1, -0.05) is 54.6 Å². The molecule has 0 radical (unpaired) electrons. The van der Waals surface area contributed by atoms with Gasteiger partial charge in [0.1, 0.15) is 5.69 Å². The maximum Gasteiger partial charge on any atom is 0.387 e. The number of pyridine rings is 1. The highest BCUT2D eigenvalue weighted by Crippen LogP contribution is 2.31. The van der Waals surface area contributed by atoms with Crippen LogP contribution in [0.25, 0.3) is 23.1 Å². The lowest BCUT2D eigenvalue weighted by Gasteiger charge is -2.05. The van der Waals surface area contributed by atoms with Crippen LogP contribution in [0.15, 0.2) is 54.6 Å². The minimum atomic E-state index is -0.554. The average molecular weight is 291 g/mol. The predicted molar refractivity (Wildman–Crippen MR) is 88.2 cm³/mol. The summed E-state index contributed by atoms with van der Waals surface area (Å²) >= 11 is 0. The molecule has 0 aliphatic heterocycles. The molecule has 2 N–H and O–H groups in total. The van der Waals surface area contributed by atoms with Gasteiger partial charge in [0.05, 0.1) is 0 Å². The highest BCUT2D eigenvalue weighted by atomic mass is 16.6. The number of hydrogen-bond acceptors (Lipinski definition) is 4. The van der Waals surface area contributed by atoms with Crippen molar-refractivity contribution in [2.75, 3.05) is 5.73 Å². The van der Waals surface area contributed by atoms with Crippen molar-refractivity contribution in [2.24, 2.45) is 0 Å². The van der Waals surface area contributed by atoms with Crippen molar-refractivity contribution in [3.8, 4) is 0 Å². The molecule has 22 heavy (non-hydrogen) atoms. The summed E-state index contributed by atoms with van der Waals surface area (Å²) < 4.78 is 0. The first-order valence-electron chi connectivity index (χ1n) is 6.72. The van der Waals surface area contributed by atoms with Crippen molar-refractivity contribution < 1.29 is 4.92 Å². The second kappa shape index (κ2) is 5.65. The van der Waals surface area contributed by atoms with Crippen LogP contribution in [0.1, 0.15) is 11.1 Å². The standard InChI is InChI=1S/C17H13N3O2/c18-16-14(11-10-12-6-2-1-3-7-12)13-8-4-5-9-15(13)19-17(16)20(21)22/h1-11H,18H2. The van der Waals surface area contributed by atoms with Gasteiger partial charge in [-0.05, 0) is 27.6 Å². The van der Waals surface area contributed by atoms with E-state index in [9.17, 15) is 10.1 Å². The lowest BCUT2D eigenvalue weighted by molar-refractivity contribution is -0.388. The van der Waals surface area contributed by atoms with E-state index in [-0.39, 0.29) is 11.5 Å². The van der Waals surface area contributed by atoms with Crippen LogP contribution in [-0.2, 0) is 0 Å². The van der Waals surface area contributed by atoms with E-state index < -0.39 is 4.92 Å². The Hall–Kier alpha value is -3.21. The third-order valence-corrected chi connectivity index (χ3v) is 3.37. The molecule has 0 spiro atoms. The highest BCUT2D eigenvalue weighted by molar-refractivity contribution is 5.97. The van der Waals surface area contributed by atoms with Gasteiger partial charge in [0.15, 0.2) is 5.52 Å². The lowest BCUT2D eigenvalue weighted by atomic mass is 10.0. The minimum Gasteiger partial charge on any atom is -0.391 e. The second-order valence-corrected chi connectivity index (χ2v) is 4.78. The largest absolute Gasteiger partial charge is 0.391 e. The first kappa shape index (κ1) is 13.8. The quantitative estimate of drug-likeness (QED) is 0.586. The fourth-order valence-corrected chi connectivity index (χ4v) is 2.30. The number of aromatic nitrogens is 1. The molecule has 5 heteroatoms. The number of nitrogens with zero attached hydrogens (tertiary/aromatic N) is 2. The number of fused-ring (bicyclic) bond motifs is 1. The van der Waals surface area contributed by atoms with E-state index >= 15 is 0 Å². The van der Waals surface area contributed by atoms with Gasteiger partial charge in [-0.2, -0.15) is 0 Å². The lowest BCUT2D eigenvalue weighted by Crippen LogP contribution is -2.02. The van der Waals surface area contributed by atoms with Crippen LogP contribution in [0.5, 0.6) is 0 Å². The number of hydrogen-bond donors (Lipinski definition) is 1. The van der Waals surface area contributed by atoms with Crippen LogP contribution in [0.4, 0.5) is 11.5 Å². The summed E-state index contributed by atoms with van der Waals surface area (Å²) in [5.41, 5.74) is 8.19. The van der Waals surface area contributed by atoms with Gasteiger partial charge in [0, 0.05) is 10.9 Å². The molecule has 0 aliphatic rings. The highest BCUT2D eigenvalue weighted by Gasteiger charge is 2.19. The van der Waals surface area contributed by atoms with Crippen molar-refractivity contribution in [2.45, 2.75) is 0 Å². The molecule has 0 saturated heterocycles. The Kier molecular flexibility index (Phi) is 3.53. The van der Waals surface area contributed by atoms with E-state index in [4.69, 9.17) is 5.73 Å². The van der Waals surface area contributed by atoms with Crippen molar-refractivity contribution in [1.29, 1.82) is 0 Å². The molecule has 0 amide bonds. The van der Waals surface area contributed by atoms with Crippen molar-refractivity contribution in [3.63, 3.8) is 0 Å². The number of benzene rings is 2. The van der Waals surface area contributed by atoms with E-state index in [1.54, 1.807) is 18.2 Å². The van der Waals surface area contributed by atoms with Gasteiger partial charge in [0.25, 0.3) is 0 Å². The first-order chi connectivity index (χ1) is 10.7. The maximum atomic E-state index is 11.1. The third-order valence-electron chi connectivity index (χ3n) is 3.37. The average Bonchev–Trinajstić information content (AvgIpc) is 2.54. The molecular formula is C17H13N3O2. The molecule has 0 fully saturated rings. The molecule has 1 aromatic heterocycles. The van der Waals surface area contributed by atoms with E-state index in [1.807, 2.05) is 48.5 Å². The molecule has 3 aromatic rings. The fraction of sp³-hybridized carbons (Fsp3) is 0. The number of para-hydroxylation sites is 1. The van der Waals surface area contributed by atoms with E-state index in [1.165, 1.54) is 0 Å². The Morgan fingerprint density at radius 1 is 1.00 bits per heavy atom. The number of rotatable bonds is 3. The van der Waals surface area contributed by atoms with Crippen LogP contribution in [0.2, 0.25) is 0 Å². The van der Waals surface area contributed by atoms with Crippen molar-refractivity contribution in [3.05, 3.63) is 75.8 Å². The molecule has 108 valence electrons. The van der Waals surface area contributed by atoms with Crippen molar-refractivity contribution >= 4 is 34.6 Å².